The van der Waals surface area contributed by atoms with Crippen molar-refractivity contribution < 1.29 is 4.79 Å². The van der Waals surface area contributed by atoms with Gasteiger partial charge in [0.1, 0.15) is 6.07 Å². The van der Waals surface area contributed by atoms with Crippen LogP contribution < -0.4 is 0 Å². The Balaban J connectivity index is 2.48. The molecule has 0 saturated heterocycles. The second-order valence-corrected chi connectivity index (χ2v) is 3.73. The minimum Gasteiger partial charge on any atom is -0.282 e. The Morgan fingerprint density at radius 3 is 1.65 bits per heavy atom. The molecule has 2 aromatic carbocycles. The van der Waals surface area contributed by atoms with E-state index in [0.29, 0.717) is 0 Å². The third kappa shape index (κ3) is 2.40. The standard InChI is InChI=1S/C15H11NO/c16-11-14(17)15(12-7-3-1-4-8-12)13-9-5-2-6-10-13/h1-10,15H. The van der Waals surface area contributed by atoms with Crippen LogP contribution in [0.2, 0.25) is 0 Å². The molecule has 0 saturated carbocycles. The minimum atomic E-state index is -0.484. The fourth-order valence-corrected chi connectivity index (χ4v) is 1.85. The second kappa shape index (κ2) is 5.09. The van der Waals surface area contributed by atoms with Crippen molar-refractivity contribution >= 4 is 5.78 Å². The highest BCUT2D eigenvalue weighted by Gasteiger charge is 2.21. The van der Waals surface area contributed by atoms with Gasteiger partial charge in [-0.25, -0.2) is 0 Å². The maximum atomic E-state index is 11.8. The number of nitriles is 1. The summed E-state index contributed by atoms with van der Waals surface area (Å²) in [6.07, 6.45) is 0. The van der Waals surface area contributed by atoms with E-state index in [0.717, 1.165) is 11.1 Å². The monoisotopic (exact) mass is 221 g/mol. The molecule has 0 fully saturated rings. The van der Waals surface area contributed by atoms with E-state index in [2.05, 4.69) is 0 Å². The molecular formula is C15H11NO. The van der Waals surface area contributed by atoms with E-state index in [-0.39, 0.29) is 0 Å². The summed E-state index contributed by atoms with van der Waals surface area (Å²) in [5.74, 6) is -0.912. The summed E-state index contributed by atoms with van der Waals surface area (Å²) in [6.45, 7) is 0. The lowest BCUT2D eigenvalue weighted by atomic mass is 9.88. The van der Waals surface area contributed by atoms with Crippen LogP contribution in [0.25, 0.3) is 0 Å². The van der Waals surface area contributed by atoms with Crippen LogP contribution in [0.5, 0.6) is 0 Å². The molecule has 2 heteroatoms. The molecule has 82 valence electrons. The van der Waals surface area contributed by atoms with Crippen LogP contribution in [0.4, 0.5) is 0 Å². The number of hydrogen-bond acceptors (Lipinski definition) is 2. The summed E-state index contributed by atoms with van der Waals surface area (Å²) in [4.78, 5) is 11.8. The first-order valence-corrected chi connectivity index (χ1v) is 5.37. The number of carbonyl (C=O) groups is 1. The van der Waals surface area contributed by atoms with Crippen LogP contribution in [0.15, 0.2) is 60.7 Å². The summed E-state index contributed by atoms with van der Waals surface area (Å²) in [5, 5.41) is 8.83. The predicted octanol–water partition coefficient (Wildman–Crippen LogP) is 2.91. The van der Waals surface area contributed by atoms with Crippen molar-refractivity contribution in [3.8, 4) is 6.07 Å². The first-order chi connectivity index (χ1) is 8.33. The van der Waals surface area contributed by atoms with E-state index in [9.17, 15) is 4.79 Å². The van der Waals surface area contributed by atoms with E-state index >= 15 is 0 Å². The average molecular weight is 221 g/mol. The van der Waals surface area contributed by atoms with E-state index in [4.69, 9.17) is 5.26 Å². The number of Topliss-reactive ketones (excluding diaryl/α,β-unsaturated/α-hetero) is 1. The van der Waals surface area contributed by atoms with Gasteiger partial charge in [0.25, 0.3) is 0 Å². The Morgan fingerprint density at radius 2 is 1.29 bits per heavy atom. The first kappa shape index (κ1) is 11.1. The number of rotatable bonds is 3. The van der Waals surface area contributed by atoms with Gasteiger partial charge in [-0.2, -0.15) is 5.26 Å². The zero-order valence-electron chi connectivity index (χ0n) is 9.21. The van der Waals surface area contributed by atoms with Gasteiger partial charge in [-0.3, -0.25) is 4.79 Å². The van der Waals surface area contributed by atoms with Crippen LogP contribution in [0.3, 0.4) is 0 Å². The van der Waals surface area contributed by atoms with Gasteiger partial charge in [-0.1, -0.05) is 60.7 Å². The third-order valence-corrected chi connectivity index (χ3v) is 2.64. The maximum Gasteiger partial charge on any atom is 0.243 e. The van der Waals surface area contributed by atoms with Gasteiger partial charge in [0, 0.05) is 0 Å². The highest BCUT2D eigenvalue weighted by atomic mass is 16.1. The second-order valence-electron chi connectivity index (χ2n) is 3.73. The quantitative estimate of drug-likeness (QED) is 0.748. The number of carbonyl (C=O) groups excluding carboxylic acids is 1. The molecule has 0 unspecified atom stereocenters. The van der Waals surface area contributed by atoms with Gasteiger partial charge >= 0.3 is 0 Å². The van der Waals surface area contributed by atoms with Crippen LogP contribution in [0.1, 0.15) is 17.0 Å². The van der Waals surface area contributed by atoms with Gasteiger partial charge in [-0.15, -0.1) is 0 Å². The van der Waals surface area contributed by atoms with E-state index in [1.165, 1.54) is 0 Å². The summed E-state index contributed by atoms with van der Waals surface area (Å²) in [7, 11) is 0. The normalized spacial score (nSPS) is 9.88. The molecule has 0 aliphatic heterocycles. The maximum absolute atomic E-state index is 11.8. The molecule has 0 amide bonds. The van der Waals surface area contributed by atoms with Crippen LogP contribution in [-0.4, -0.2) is 5.78 Å². The van der Waals surface area contributed by atoms with Crippen molar-refractivity contribution in [2.45, 2.75) is 5.92 Å². The minimum absolute atomic E-state index is 0.428. The van der Waals surface area contributed by atoms with Crippen molar-refractivity contribution in [3.05, 3.63) is 71.8 Å². The van der Waals surface area contributed by atoms with Crippen molar-refractivity contribution in [1.82, 2.24) is 0 Å². The topological polar surface area (TPSA) is 40.9 Å². The van der Waals surface area contributed by atoms with Crippen LogP contribution >= 0.6 is 0 Å². The molecule has 0 aromatic heterocycles. The molecule has 0 aliphatic rings. The number of nitrogens with zero attached hydrogens (tertiary/aromatic N) is 1. The first-order valence-electron chi connectivity index (χ1n) is 5.37. The van der Waals surface area contributed by atoms with Crippen molar-refractivity contribution in [2.75, 3.05) is 0 Å². The fraction of sp³-hybridized carbons (Fsp3) is 0.0667. The average Bonchev–Trinajstić information content (AvgIpc) is 2.41. The molecule has 0 aliphatic carbocycles. The Bertz CT molecular complexity index is 501. The number of hydrogen-bond donors (Lipinski definition) is 0. The smallest absolute Gasteiger partial charge is 0.243 e. The molecular weight excluding hydrogens is 210 g/mol. The lowest BCUT2D eigenvalue weighted by Gasteiger charge is -2.12. The SMILES string of the molecule is N#CC(=O)C(c1ccccc1)c1ccccc1. The van der Waals surface area contributed by atoms with Crippen molar-refractivity contribution in [1.29, 1.82) is 5.26 Å². The third-order valence-electron chi connectivity index (χ3n) is 2.64. The highest BCUT2D eigenvalue weighted by Crippen LogP contribution is 2.24. The largest absolute Gasteiger partial charge is 0.282 e. The summed E-state index contributed by atoms with van der Waals surface area (Å²) >= 11 is 0. The van der Waals surface area contributed by atoms with E-state index in [1.54, 1.807) is 6.07 Å². The van der Waals surface area contributed by atoms with Gasteiger partial charge < -0.3 is 0 Å². The zero-order valence-corrected chi connectivity index (χ0v) is 9.21. The molecule has 2 nitrogen and oxygen atoms in total. The lowest BCUT2D eigenvalue weighted by Crippen LogP contribution is -2.11. The Hall–Kier alpha value is -2.40. The summed E-state index contributed by atoms with van der Waals surface area (Å²) < 4.78 is 0. The molecule has 0 radical (unpaired) electrons. The zero-order chi connectivity index (χ0) is 12.1. The fourth-order valence-electron chi connectivity index (χ4n) is 1.85. The Kier molecular flexibility index (Phi) is 3.32. The molecule has 2 rings (SSSR count). The van der Waals surface area contributed by atoms with E-state index in [1.807, 2.05) is 60.7 Å². The van der Waals surface area contributed by atoms with Crippen molar-refractivity contribution in [2.24, 2.45) is 0 Å². The van der Waals surface area contributed by atoms with Gasteiger partial charge in [0.2, 0.25) is 5.78 Å². The van der Waals surface area contributed by atoms with Gasteiger partial charge in [0.05, 0.1) is 5.92 Å². The van der Waals surface area contributed by atoms with Crippen LogP contribution in [0, 0.1) is 11.3 Å². The summed E-state index contributed by atoms with van der Waals surface area (Å²) in [6, 6.07) is 20.5. The van der Waals surface area contributed by atoms with E-state index < -0.39 is 11.7 Å². The summed E-state index contributed by atoms with van der Waals surface area (Å²) in [5.41, 5.74) is 1.70. The van der Waals surface area contributed by atoms with Gasteiger partial charge in [-0.05, 0) is 11.1 Å². The van der Waals surface area contributed by atoms with Gasteiger partial charge in [0.15, 0.2) is 0 Å². The molecule has 0 N–H and O–H groups in total. The molecule has 0 atom stereocenters. The highest BCUT2D eigenvalue weighted by molar-refractivity contribution is 6.00. The molecule has 17 heavy (non-hydrogen) atoms. The lowest BCUT2D eigenvalue weighted by molar-refractivity contribution is -0.114. The molecule has 0 bridgehead atoms. The van der Waals surface area contributed by atoms with Crippen molar-refractivity contribution in [3.63, 3.8) is 0 Å². The number of benzene rings is 2. The molecule has 0 spiro atoms. The molecule has 2 aromatic rings. The Labute approximate surface area is 100 Å². The number of ketones is 1. The molecule has 0 heterocycles. The Morgan fingerprint density at radius 1 is 0.882 bits per heavy atom. The van der Waals surface area contributed by atoms with Crippen LogP contribution in [-0.2, 0) is 4.79 Å². The predicted molar refractivity (Wildman–Crippen MR) is 65.3 cm³/mol.